The number of hydrogen-bond donors (Lipinski definition) is 1. The van der Waals surface area contributed by atoms with Crippen molar-refractivity contribution < 1.29 is 4.74 Å². The zero-order chi connectivity index (χ0) is 16.8. The van der Waals surface area contributed by atoms with Crippen molar-refractivity contribution in [3.05, 3.63) is 16.1 Å². The third-order valence-corrected chi connectivity index (χ3v) is 6.21. The highest BCUT2D eigenvalue weighted by molar-refractivity contribution is 7.09. The van der Waals surface area contributed by atoms with Crippen molar-refractivity contribution in [3.8, 4) is 0 Å². The Morgan fingerprint density at radius 3 is 2.60 bits per heavy atom. The molecule has 0 aromatic carbocycles. The monoisotopic (exact) mass is 388 g/mol. The molecule has 3 rings (SSSR count). The molecule has 7 heteroatoms. The van der Waals surface area contributed by atoms with Crippen LogP contribution in [-0.2, 0) is 11.3 Å². The minimum absolute atomic E-state index is 0. The Morgan fingerprint density at radius 2 is 1.92 bits per heavy atom. The molecule has 2 saturated heterocycles. The Kier molecular flexibility index (Phi) is 9.10. The lowest BCUT2D eigenvalue weighted by molar-refractivity contribution is 0.0757. The second-order valence-electron chi connectivity index (χ2n) is 7.04. The highest BCUT2D eigenvalue weighted by atomic mass is 35.5. The number of thiazole rings is 1. The first-order valence-corrected chi connectivity index (χ1v) is 10.3. The van der Waals surface area contributed by atoms with Crippen molar-refractivity contribution in [2.75, 3.05) is 52.4 Å². The van der Waals surface area contributed by atoms with Crippen LogP contribution in [0, 0.1) is 5.92 Å². The SMILES string of the molecule is CCOC(C)c1nc(CN2CCN(CC3CCNCC3)CC2)cs1.Cl. The number of piperazine rings is 1. The summed E-state index contributed by atoms with van der Waals surface area (Å²) >= 11 is 1.73. The van der Waals surface area contributed by atoms with Crippen molar-refractivity contribution in [2.24, 2.45) is 5.92 Å². The summed E-state index contributed by atoms with van der Waals surface area (Å²) in [6, 6.07) is 0. The van der Waals surface area contributed by atoms with Crippen molar-refractivity contribution in [1.29, 1.82) is 0 Å². The van der Waals surface area contributed by atoms with Crippen LogP contribution in [0.3, 0.4) is 0 Å². The Balaban J connectivity index is 0.00000225. The van der Waals surface area contributed by atoms with E-state index in [-0.39, 0.29) is 18.5 Å². The van der Waals surface area contributed by atoms with Crippen LogP contribution in [0.4, 0.5) is 0 Å². The predicted molar refractivity (Wildman–Crippen MR) is 107 cm³/mol. The summed E-state index contributed by atoms with van der Waals surface area (Å²) in [6.45, 7) is 14.3. The fourth-order valence-corrected chi connectivity index (χ4v) is 4.51. The lowest BCUT2D eigenvalue weighted by atomic mass is 9.97. The third kappa shape index (κ3) is 6.45. The van der Waals surface area contributed by atoms with Gasteiger partial charge in [-0.3, -0.25) is 4.90 Å². The summed E-state index contributed by atoms with van der Waals surface area (Å²) in [4.78, 5) is 9.97. The third-order valence-electron chi connectivity index (χ3n) is 5.16. The molecular formula is C18H33ClN4OS. The van der Waals surface area contributed by atoms with E-state index < -0.39 is 0 Å². The average Bonchev–Trinajstić information content (AvgIpc) is 3.06. The van der Waals surface area contributed by atoms with E-state index in [0.29, 0.717) is 0 Å². The van der Waals surface area contributed by atoms with Crippen LogP contribution in [-0.4, -0.2) is 67.2 Å². The largest absolute Gasteiger partial charge is 0.372 e. The topological polar surface area (TPSA) is 40.6 Å². The Labute approximate surface area is 162 Å². The van der Waals surface area contributed by atoms with Gasteiger partial charge in [-0.15, -0.1) is 23.7 Å². The first-order chi connectivity index (χ1) is 11.7. The molecule has 1 N–H and O–H groups in total. The number of aromatic nitrogens is 1. The highest BCUT2D eigenvalue weighted by Crippen LogP contribution is 2.22. The molecular weight excluding hydrogens is 356 g/mol. The Morgan fingerprint density at radius 1 is 1.24 bits per heavy atom. The second-order valence-corrected chi connectivity index (χ2v) is 7.93. The Bertz CT molecular complexity index is 487. The number of ether oxygens (including phenoxy) is 1. The van der Waals surface area contributed by atoms with Gasteiger partial charge in [-0.25, -0.2) is 4.98 Å². The smallest absolute Gasteiger partial charge is 0.122 e. The van der Waals surface area contributed by atoms with Gasteiger partial charge in [0.2, 0.25) is 0 Å². The van der Waals surface area contributed by atoms with Crippen LogP contribution in [0.1, 0.15) is 43.5 Å². The number of piperidine rings is 1. The molecule has 0 aliphatic carbocycles. The average molecular weight is 389 g/mol. The van der Waals surface area contributed by atoms with Gasteiger partial charge in [0, 0.05) is 51.3 Å². The fraction of sp³-hybridized carbons (Fsp3) is 0.833. The van der Waals surface area contributed by atoms with E-state index in [4.69, 9.17) is 9.72 Å². The van der Waals surface area contributed by atoms with E-state index in [1.54, 1.807) is 11.3 Å². The minimum atomic E-state index is 0. The number of halogens is 1. The lowest BCUT2D eigenvalue weighted by Crippen LogP contribution is -2.48. The van der Waals surface area contributed by atoms with Crippen molar-refractivity contribution >= 4 is 23.7 Å². The zero-order valence-electron chi connectivity index (χ0n) is 15.6. The molecule has 1 unspecified atom stereocenters. The van der Waals surface area contributed by atoms with Gasteiger partial charge < -0.3 is 15.0 Å². The molecule has 3 heterocycles. The van der Waals surface area contributed by atoms with Gasteiger partial charge in [0.05, 0.1) is 5.69 Å². The van der Waals surface area contributed by atoms with Crippen LogP contribution >= 0.6 is 23.7 Å². The molecule has 2 fully saturated rings. The van der Waals surface area contributed by atoms with E-state index in [2.05, 4.69) is 27.4 Å². The molecule has 0 saturated carbocycles. The molecule has 2 aliphatic rings. The molecule has 0 amide bonds. The van der Waals surface area contributed by atoms with Crippen LogP contribution in [0.25, 0.3) is 0 Å². The summed E-state index contributed by atoms with van der Waals surface area (Å²) in [5.74, 6) is 0.902. The number of rotatable bonds is 7. The quantitative estimate of drug-likeness (QED) is 0.777. The number of nitrogens with one attached hydrogen (secondary N) is 1. The highest BCUT2D eigenvalue weighted by Gasteiger charge is 2.22. The van der Waals surface area contributed by atoms with Crippen LogP contribution in [0.5, 0.6) is 0 Å². The van der Waals surface area contributed by atoms with Crippen molar-refractivity contribution in [3.63, 3.8) is 0 Å². The Hall–Kier alpha value is -0.240. The number of hydrogen-bond acceptors (Lipinski definition) is 6. The summed E-state index contributed by atoms with van der Waals surface area (Å²) in [7, 11) is 0. The van der Waals surface area contributed by atoms with Crippen LogP contribution in [0.15, 0.2) is 5.38 Å². The molecule has 25 heavy (non-hydrogen) atoms. The van der Waals surface area contributed by atoms with Gasteiger partial charge in [-0.2, -0.15) is 0 Å². The maximum atomic E-state index is 5.64. The summed E-state index contributed by atoms with van der Waals surface area (Å²) in [5.41, 5.74) is 1.20. The lowest BCUT2D eigenvalue weighted by Gasteiger charge is -2.37. The minimum Gasteiger partial charge on any atom is -0.372 e. The van der Waals surface area contributed by atoms with Crippen LogP contribution < -0.4 is 5.32 Å². The summed E-state index contributed by atoms with van der Waals surface area (Å²) in [6.07, 6.45) is 2.82. The molecule has 0 spiro atoms. The van der Waals surface area contributed by atoms with Gasteiger partial charge in [0.1, 0.15) is 11.1 Å². The number of nitrogens with zero attached hydrogens (tertiary/aromatic N) is 3. The molecule has 1 atom stereocenters. The van der Waals surface area contributed by atoms with Gasteiger partial charge in [0.15, 0.2) is 0 Å². The van der Waals surface area contributed by atoms with Crippen molar-refractivity contribution in [1.82, 2.24) is 20.1 Å². The molecule has 144 valence electrons. The van der Waals surface area contributed by atoms with Gasteiger partial charge in [0.25, 0.3) is 0 Å². The van der Waals surface area contributed by atoms with E-state index in [1.165, 1.54) is 64.3 Å². The molecule has 1 aromatic heterocycles. The maximum Gasteiger partial charge on any atom is 0.122 e. The zero-order valence-corrected chi connectivity index (χ0v) is 17.2. The van der Waals surface area contributed by atoms with Crippen LogP contribution in [0.2, 0.25) is 0 Å². The van der Waals surface area contributed by atoms with Gasteiger partial charge in [-0.1, -0.05) is 0 Å². The first-order valence-electron chi connectivity index (χ1n) is 9.46. The first kappa shape index (κ1) is 21.1. The van der Waals surface area contributed by atoms with E-state index in [0.717, 1.165) is 24.1 Å². The summed E-state index contributed by atoms with van der Waals surface area (Å²) in [5, 5.41) is 6.77. The fourth-order valence-electron chi connectivity index (χ4n) is 3.69. The van der Waals surface area contributed by atoms with E-state index in [1.807, 2.05) is 6.92 Å². The molecule has 0 bridgehead atoms. The second kappa shape index (κ2) is 10.8. The predicted octanol–water partition coefficient (Wildman–Crippen LogP) is 2.78. The molecule has 2 aliphatic heterocycles. The molecule has 5 nitrogen and oxygen atoms in total. The standard InChI is InChI=1S/C18H32N4OS.ClH/c1-3-23-15(2)18-20-17(14-24-18)13-22-10-8-21(9-11-22)12-16-4-6-19-7-5-16;/h14-16,19H,3-13H2,1-2H3;1H. The van der Waals surface area contributed by atoms with E-state index >= 15 is 0 Å². The van der Waals surface area contributed by atoms with Crippen molar-refractivity contribution in [2.45, 2.75) is 39.3 Å². The normalized spacial score (nSPS) is 21.8. The summed E-state index contributed by atoms with van der Waals surface area (Å²) < 4.78 is 5.64. The maximum absolute atomic E-state index is 5.64. The molecule has 0 radical (unpaired) electrons. The van der Waals surface area contributed by atoms with Gasteiger partial charge >= 0.3 is 0 Å². The van der Waals surface area contributed by atoms with Gasteiger partial charge in [-0.05, 0) is 45.7 Å². The molecule has 1 aromatic rings. The van der Waals surface area contributed by atoms with E-state index in [9.17, 15) is 0 Å².